The van der Waals surface area contributed by atoms with Crippen molar-refractivity contribution in [1.82, 2.24) is 0 Å². The van der Waals surface area contributed by atoms with Crippen molar-refractivity contribution in [1.29, 1.82) is 0 Å². The zero-order chi connectivity index (χ0) is 9.14. The average molecular weight is 172 g/mol. The molecule has 0 saturated carbocycles. The summed E-state index contributed by atoms with van der Waals surface area (Å²) in [6.45, 7) is 1.71. The van der Waals surface area contributed by atoms with E-state index in [1.165, 1.54) is 6.08 Å². The number of benzene rings is 1. The molecule has 1 aromatic carbocycles. The van der Waals surface area contributed by atoms with E-state index in [9.17, 15) is 13.2 Å². The van der Waals surface area contributed by atoms with Crippen molar-refractivity contribution in [3.63, 3.8) is 0 Å². The van der Waals surface area contributed by atoms with Gasteiger partial charge in [0.2, 0.25) is 0 Å². The largest absolute Gasteiger partial charge is 0.204 e. The van der Waals surface area contributed by atoms with E-state index in [-0.39, 0.29) is 0 Å². The molecule has 0 aliphatic carbocycles. The van der Waals surface area contributed by atoms with Crippen molar-refractivity contribution in [2.45, 2.75) is 6.92 Å². The summed E-state index contributed by atoms with van der Waals surface area (Å²) >= 11 is 0. The molecule has 0 amide bonds. The number of allylic oxidation sites excluding steroid dienone is 1. The van der Waals surface area contributed by atoms with Gasteiger partial charge in [0.25, 0.3) is 0 Å². The fourth-order valence-electron chi connectivity index (χ4n) is 0.864. The first-order valence-electron chi connectivity index (χ1n) is 3.42. The van der Waals surface area contributed by atoms with E-state index in [1.54, 1.807) is 13.0 Å². The molecule has 0 aromatic heterocycles. The van der Waals surface area contributed by atoms with E-state index in [4.69, 9.17) is 0 Å². The highest BCUT2D eigenvalue weighted by atomic mass is 19.2. The van der Waals surface area contributed by atoms with Crippen molar-refractivity contribution >= 4 is 6.08 Å². The molecule has 1 aromatic rings. The molecule has 0 nitrogen and oxygen atoms in total. The van der Waals surface area contributed by atoms with Gasteiger partial charge < -0.3 is 0 Å². The Morgan fingerprint density at radius 2 is 1.58 bits per heavy atom. The molecule has 0 spiro atoms. The lowest BCUT2D eigenvalue weighted by Gasteiger charge is -1.96. The summed E-state index contributed by atoms with van der Waals surface area (Å²) < 4.78 is 37.4. The molecule has 64 valence electrons. The van der Waals surface area contributed by atoms with Gasteiger partial charge >= 0.3 is 0 Å². The molecule has 0 fully saturated rings. The summed E-state index contributed by atoms with van der Waals surface area (Å²) in [5.74, 6) is -3.76. The zero-order valence-corrected chi connectivity index (χ0v) is 6.44. The van der Waals surface area contributed by atoms with Gasteiger partial charge in [-0.15, -0.1) is 0 Å². The lowest BCUT2D eigenvalue weighted by molar-refractivity contribution is 0.447. The fraction of sp³-hybridized carbons (Fsp3) is 0.111. The van der Waals surface area contributed by atoms with Crippen LogP contribution in [-0.2, 0) is 0 Å². The molecule has 0 unspecified atom stereocenters. The average Bonchev–Trinajstić information content (AvgIpc) is 2.01. The Labute approximate surface area is 68.3 Å². The molecular formula is C9H7F3. The van der Waals surface area contributed by atoms with Gasteiger partial charge in [0.05, 0.1) is 0 Å². The Morgan fingerprint density at radius 3 is 2.00 bits per heavy atom. The minimum atomic E-state index is -1.43. The molecule has 1 rings (SSSR count). The highest BCUT2D eigenvalue weighted by molar-refractivity contribution is 5.48. The smallest absolute Gasteiger partial charge is 0.194 e. The Kier molecular flexibility index (Phi) is 2.53. The van der Waals surface area contributed by atoms with Crippen LogP contribution in [0.1, 0.15) is 12.5 Å². The Hall–Kier alpha value is -1.25. The maximum absolute atomic E-state index is 12.5. The summed E-state index contributed by atoms with van der Waals surface area (Å²) in [5, 5.41) is 0. The van der Waals surface area contributed by atoms with E-state index in [0.717, 1.165) is 12.1 Å². The molecule has 0 aliphatic heterocycles. The van der Waals surface area contributed by atoms with Gasteiger partial charge in [0, 0.05) is 0 Å². The van der Waals surface area contributed by atoms with E-state index in [2.05, 4.69) is 0 Å². The topological polar surface area (TPSA) is 0 Å². The third-order valence-electron chi connectivity index (χ3n) is 1.37. The van der Waals surface area contributed by atoms with E-state index < -0.39 is 17.5 Å². The van der Waals surface area contributed by atoms with Gasteiger partial charge in [-0.3, -0.25) is 0 Å². The predicted molar refractivity (Wildman–Crippen MR) is 41.0 cm³/mol. The van der Waals surface area contributed by atoms with Crippen molar-refractivity contribution in [3.8, 4) is 0 Å². The Balaban J connectivity index is 3.21. The number of halogens is 3. The quantitative estimate of drug-likeness (QED) is 0.571. The van der Waals surface area contributed by atoms with E-state index in [0.29, 0.717) is 5.56 Å². The van der Waals surface area contributed by atoms with Crippen LogP contribution >= 0.6 is 0 Å². The molecule has 0 saturated heterocycles. The SMILES string of the molecule is CC=Cc1cc(F)c(F)c(F)c1. The molecule has 0 heterocycles. The second-order valence-electron chi connectivity index (χ2n) is 2.30. The molecule has 0 radical (unpaired) electrons. The van der Waals surface area contributed by atoms with Crippen LogP contribution in [0.15, 0.2) is 18.2 Å². The summed E-state index contributed by atoms with van der Waals surface area (Å²) in [7, 11) is 0. The number of rotatable bonds is 1. The van der Waals surface area contributed by atoms with Crippen molar-refractivity contribution < 1.29 is 13.2 Å². The normalized spacial score (nSPS) is 11.0. The minimum absolute atomic E-state index is 0.314. The fourth-order valence-corrected chi connectivity index (χ4v) is 0.864. The summed E-state index contributed by atoms with van der Waals surface area (Å²) in [6, 6.07) is 1.89. The number of hydrogen-bond acceptors (Lipinski definition) is 0. The van der Waals surface area contributed by atoms with Crippen LogP contribution in [0.4, 0.5) is 13.2 Å². The lowest BCUT2D eigenvalue weighted by atomic mass is 10.2. The van der Waals surface area contributed by atoms with E-state index >= 15 is 0 Å². The molecule has 0 bridgehead atoms. The maximum Gasteiger partial charge on any atom is 0.194 e. The van der Waals surface area contributed by atoms with Crippen LogP contribution in [0.5, 0.6) is 0 Å². The van der Waals surface area contributed by atoms with Gasteiger partial charge in [-0.2, -0.15) is 0 Å². The molecule has 12 heavy (non-hydrogen) atoms. The predicted octanol–water partition coefficient (Wildman–Crippen LogP) is 3.14. The zero-order valence-electron chi connectivity index (χ0n) is 6.44. The third-order valence-corrected chi connectivity index (χ3v) is 1.37. The standard InChI is InChI=1S/C9H7F3/c1-2-3-6-4-7(10)9(12)8(11)5-6/h2-5H,1H3. The van der Waals surface area contributed by atoms with Crippen molar-refractivity contribution in [2.75, 3.05) is 0 Å². The first kappa shape index (κ1) is 8.84. The maximum atomic E-state index is 12.5. The van der Waals surface area contributed by atoms with Gasteiger partial charge in [-0.05, 0) is 24.6 Å². The van der Waals surface area contributed by atoms with Crippen LogP contribution in [0.3, 0.4) is 0 Å². The number of hydrogen-bond donors (Lipinski definition) is 0. The Bertz CT molecular complexity index is 293. The first-order chi connectivity index (χ1) is 5.65. The first-order valence-corrected chi connectivity index (χ1v) is 3.42. The molecule has 3 heteroatoms. The van der Waals surface area contributed by atoms with Crippen molar-refractivity contribution in [2.24, 2.45) is 0 Å². The van der Waals surface area contributed by atoms with Crippen molar-refractivity contribution in [3.05, 3.63) is 41.2 Å². The van der Waals surface area contributed by atoms with Crippen LogP contribution in [0, 0.1) is 17.5 Å². The second kappa shape index (κ2) is 3.43. The molecule has 0 aliphatic rings. The van der Waals surface area contributed by atoms with Crippen LogP contribution in [0.2, 0.25) is 0 Å². The van der Waals surface area contributed by atoms with Crippen LogP contribution < -0.4 is 0 Å². The van der Waals surface area contributed by atoms with Gasteiger partial charge in [-0.25, -0.2) is 13.2 Å². The van der Waals surface area contributed by atoms with Gasteiger partial charge in [0.1, 0.15) is 0 Å². The summed E-state index contributed by atoms with van der Waals surface area (Å²) in [4.78, 5) is 0. The van der Waals surface area contributed by atoms with Gasteiger partial charge in [-0.1, -0.05) is 12.2 Å². The van der Waals surface area contributed by atoms with Gasteiger partial charge in [0.15, 0.2) is 17.5 Å². The minimum Gasteiger partial charge on any atom is -0.204 e. The summed E-state index contributed by atoms with van der Waals surface area (Å²) in [5.41, 5.74) is 0.314. The lowest BCUT2D eigenvalue weighted by Crippen LogP contribution is -1.90. The molecule has 0 atom stereocenters. The summed E-state index contributed by atoms with van der Waals surface area (Å²) in [6.07, 6.45) is 3.11. The second-order valence-corrected chi connectivity index (χ2v) is 2.30. The highest BCUT2D eigenvalue weighted by Crippen LogP contribution is 2.14. The van der Waals surface area contributed by atoms with E-state index in [1.807, 2.05) is 0 Å². The Morgan fingerprint density at radius 1 is 1.08 bits per heavy atom. The third kappa shape index (κ3) is 1.67. The monoisotopic (exact) mass is 172 g/mol. The highest BCUT2D eigenvalue weighted by Gasteiger charge is 2.08. The molecular weight excluding hydrogens is 165 g/mol. The van der Waals surface area contributed by atoms with Crippen LogP contribution in [-0.4, -0.2) is 0 Å². The molecule has 0 N–H and O–H groups in total. The van der Waals surface area contributed by atoms with Crippen LogP contribution in [0.25, 0.3) is 6.08 Å².